The minimum atomic E-state index is -0.371. The first-order valence-electron chi connectivity index (χ1n) is 4.30. The number of hydrogen-bond acceptors (Lipinski definition) is 5. The quantitative estimate of drug-likeness (QED) is 0.429. The highest BCUT2D eigenvalue weighted by Gasteiger charge is 2.04. The highest BCUT2D eigenvalue weighted by molar-refractivity contribution is 5.85. The first-order chi connectivity index (χ1) is 7.22. The molecule has 0 fully saturated rings. The van der Waals surface area contributed by atoms with E-state index in [4.69, 9.17) is 5.73 Å². The van der Waals surface area contributed by atoms with E-state index in [0.29, 0.717) is 5.82 Å². The van der Waals surface area contributed by atoms with Crippen molar-refractivity contribution in [1.82, 2.24) is 25.8 Å². The van der Waals surface area contributed by atoms with Gasteiger partial charge in [0.05, 0.1) is 19.6 Å². The molecule has 1 aromatic rings. The summed E-state index contributed by atoms with van der Waals surface area (Å²) in [5.41, 5.74) is 5.04. The van der Waals surface area contributed by atoms with Crippen LogP contribution in [0.25, 0.3) is 0 Å². The zero-order chi connectivity index (χ0) is 11.1. The van der Waals surface area contributed by atoms with Crippen LogP contribution in [-0.4, -0.2) is 40.1 Å². The molecular formula is C7H12N6O2. The molecule has 0 aromatic carbocycles. The first kappa shape index (κ1) is 11.1. The second-order valence-electron chi connectivity index (χ2n) is 2.69. The molecule has 1 aromatic heterocycles. The molecule has 8 nitrogen and oxygen atoms in total. The van der Waals surface area contributed by atoms with Crippen LogP contribution in [0.2, 0.25) is 0 Å². The highest BCUT2D eigenvalue weighted by atomic mass is 16.2. The summed E-state index contributed by atoms with van der Waals surface area (Å²) in [5, 5.41) is 11.1. The molecule has 0 atom stereocenters. The molecule has 1 heterocycles. The van der Waals surface area contributed by atoms with Gasteiger partial charge in [0.1, 0.15) is 12.2 Å². The molecule has 0 aliphatic heterocycles. The molecule has 0 spiro atoms. The SMILES string of the molecule is NCC(=O)NCC(=O)NCc1ncn[nH]1. The van der Waals surface area contributed by atoms with Crippen molar-refractivity contribution in [3.63, 3.8) is 0 Å². The monoisotopic (exact) mass is 212 g/mol. The van der Waals surface area contributed by atoms with Gasteiger partial charge in [-0.1, -0.05) is 0 Å². The number of aromatic amines is 1. The van der Waals surface area contributed by atoms with E-state index in [1.807, 2.05) is 0 Å². The number of nitrogens with two attached hydrogens (primary N) is 1. The van der Waals surface area contributed by atoms with Crippen LogP contribution in [0.4, 0.5) is 0 Å². The molecule has 1 rings (SSSR count). The zero-order valence-corrected chi connectivity index (χ0v) is 7.99. The Balaban J connectivity index is 2.16. The number of hydrogen-bond donors (Lipinski definition) is 4. The zero-order valence-electron chi connectivity index (χ0n) is 7.99. The molecule has 0 unspecified atom stereocenters. The van der Waals surface area contributed by atoms with Gasteiger partial charge in [-0.2, -0.15) is 5.10 Å². The van der Waals surface area contributed by atoms with E-state index < -0.39 is 0 Å². The van der Waals surface area contributed by atoms with Crippen molar-refractivity contribution in [1.29, 1.82) is 0 Å². The van der Waals surface area contributed by atoms with Crippen LogP contribution in [0.1, 0.15) is 5.82 Å². The maximum absolute atomic E-state index is 11.1. The number of carbonyl (C=O) groups is 2. The van der Waals surface area contributed by atoms with Crippen molar-refractivity contribution in [2.75, 3.05) is 13.1 Å². The van der Waals surface area contributed by atoms with Gasteiger partial charge >= 0.3 is 0 Å². The lowest BCUT2D eigenvalue weighted by Gasteiger charge is -2.03. The predicted molar refractivity (Wildman–Crippen MR) is 50.3 cm³/mol. The third-order valence-corrected chi connectivity index (χ3v) is 1.55. The lowest BCUT2D eigenvalue weighted by Crippen LogP contribution is -2.39. The summed E-state index contributed by atoms with van der Waals surface area (Å²) in [6.45, 7) is 0.0247. The van der Waals surface area contributed by atoms with Crippen LogP contribution in [0.3, 0.4) is 0 Å². The summed E-state index contributed by atoms with van der Waals surface area (Å²) in [4.78, 5) is 25.6. The van der Waals surface area contributed by atoms with Crippen molar-refractivity contribution in [2.45, 2.75) is 6.54 Å². The standard InChI is InChI=1S/C7H12N6O2/c8-1-6(14)10-3-7(15)9-2-5-11-4-12-13-5/h4H,1-3,8H2,(H,9,15)(H,10,14)(H,11,12,13). The number of rotatable bonds is 5. The van der Waals surface area contributed by atoms with Gasteiger partial charge in [0.25, 0.3) is 0 Å². The fourth-order valence-corrected chi connectivity index (χ4v) is 0.812. The maximum Gasteiger partial charge on any atom is 0.239 e. The summed E-state index contributed by atoms with van der Waals surface area (Å²) in [7, 11) is 0. The number of H-pyrrole nitrogens is 1. The van der Waals surface area contributed by atoms with E-state index in [9.17, 15) is 9.59 Å². The maximum atomic E-state index is 11.1. The third kappa shape index (κ3) is 4.18. The van der Waals surface area contributed by atoms with Crippen LogP contribution in [-0.2, 0) is 16.1 Å². The molecule has 8 heteroatoms. The Hall–Kier alpha value is -1.96. The number of nitrogens with zero attached hydrogens (tertiary/aromatic N) is 2. The summed E-state index contributed by atoms with van der Waals surface area (Å²) >= 11 is 0. The van der Waals surface area contributed by atoms with Gasteiger partial charge in [-0.05, 0) is 0 Å². The van der Waals surface area contributed by atoms with Crippen molar-refractivity contribution >= 4 is 11.8 Å². The Morgan fingerprint density at radius 3 is 2.80 bits per heavy atom. The molecule has 0 saturated heterocycles. The second-order valence-corrected chi connectivity index (χ2v) is 2.69. The van der Waals surface area contributed by atoms with Gasteiger partial charge in [-0.3, -0.25) is 14.7 Å². The van der Waals surface area contributed by atoms with Crippen molar-refractivity contribution in [3.8, 4) is 0 Å². The lowest BCUT2D eigenvalue weighted by molar-refractivity contribution is -0.125. The van der Waals surface area contributed by atoms with Crippen LogP contribution in [0.5, 0.6) is 0 Å². The topological polar surface area (TPSA) is 126 Å². The smallest absolute Gasteiger partial charge is 0.239 e. The van der Waals surface area contributed by atoms with Crippen LogP contribution < -0.4 is 16.4 Å². The molecule has 0 radical (unpaired) electrons. The van der Waals surface area contributed by atoms with Crippen molar-refractivity contribution in [3.05, 3.63) is 12.2 Å². The van der Waals surface area contributed by atoms with E-state index in [2.05, 4.69) is 25.8 Å². The predicted octanol–water partition coefficient (Wildman–Crippen LogP) is -2.50. The average molecular weight is 212 g/mol. The van der Waals surface area contributed by atoms with E-state index in [-0.39, 0.29) is 31.4 Å². The van der Waals surface area contributed by atoms with Crippen LogP contribution in [0, 0.1) is 0 Å². The summed E-state index contributed by atoms with van der Waals surface area (Å²) < 4.78 is 0. The van der Waals surface area contributed by atoms with E-state index in [1.54, 1.807) is 0 Å². The minimum absolute atomic E-state index is 0.0931. The Bertz CT molecular complexity index is 322. The Morgan fingerprint density at radius 2 is 2.20 bits per heavy atom. The number of carbonyl (C=O) groups excluding carboxylic acids is 2. The number of nitrogens with one attached hydrogen (secondary N) is 3. The molecular weight excluding hydrogens is 200 g/mol. The number of amides is 2. The van der Waals surface area contributed by atoms with E-state index in [1.165, 1.54) is 6.33 Å². The first-order valence-corrected chi connectivity index (χ1v) is 4.30. The lowest BCUT2D eigenvalue weighted by atomic mass is 10.5. The largest absolute Gasteiger partial charge is 0.347 e. The average Bonchev–Trinajstić information content (AvgIpc) is 2.75. The van der Waals surface area contributed by atoms with Gasteiger partial charge in [0.15, 0.2) is 0 Å². The molecule has 15 heavy (non-hydrogen) atoms. The summed E-state index contributed by atoms with van der Waals surface area (Å²) in [5.74, 6) is -0.133. The molecule has 5 N–H and O–H groups in total. The molecule has 0 saturated carbocycles. The molecule has 2 amide bonds. The highest BCUT2D eigenvalue weighted by Crippen LogP contribution is 1.82. The van der Waals surface area contributed by atoms with Gasteiger partial charge < -0.3 is 16.4 Å². The molecule has 0 aliphatic rings. The van der Waals surface area contributed by atoms with Gasteiger partial charge in [-0.25, -0.2) is 4.98 Å². The van der Waals surface area contributed by atoms with Crippen molar-refractivity contribution < 1.29 is 9.59 Å². The Kier molecular flexibility index (Phi) is 4.23. The van der Waals surface area contributed by atoms with Gasteiger partial charge in [0, 0.05) is 0 Å². The Morgan fingerprint density at radius 1 is 1.40 bits per heavy atom. The van der Waals surface area contributed by atoms with Crippen LogP contribution in [0.15, 0.2) is 6.33 Å². The summed E-state index contributed by atoms with van der Waals surface area (Å²) in [6, 6.07) is 0. The molecule has 0 aliphatic carbocycles. The van der Waals surface area contributed by atoms with Gasteiger partial charge in [0.2, 0.25) is 11.8 Å². The normalized spacial score (nSPS) is 9.67. The van der Waals surface area contributed by atoms with E-state index in [0.717, 1.165) is 0 Å². The fourth-order valence-electron chi connectivity index (χ4n) is 0.812. The molecule has 82 valence electrons. The fraction of sp³-hybridized carbons (Fsp3) is 0.429. The second kappa shape index (κ2) is 5.70. The van der Waals surface area contributed by atoms with Crippen LogP contribution >= 0.6 is 0 Å². The van der Waals surface area contributed by atoms with E-state index >= 15 is 0 Å². The minimum Gasteiger partial charge on any atom is -0.347 e. The molecule has 0 bridgehead atoms. The Labute approximate surface area is 85.6 Å². The number of aromatic nitrogens is 3. The van der Waals surface area contributed by atoms with Crippen molar-refractivity contribution in [2.24, 2.45) is 5.73 Å². The third-order valence-electron chi connectivity index (χ3n) is 1.55. The summed E-state index contributed by atoms with van der Waals surface area (Å²) in [6.07, 6.45) is 1.34. The van der Waals surface area contributed by atoms with Gasteiger partial charge in [-0.15, -0.1) is 0 Å².